The summed E-state index contributed by atoms with van der Waals surface area (Å²) in [5, 5.41) is 40.5. The number of phosphoric ester groups is 1. The average molecular weight is 729 g/mol. The van der Waals surface area contributed by atoms with Crippen molar-refractivity contribution in [3.63, 3.8) is 0 Å². The Bertz CT molecular complexity index is 1180. The maximum atomic E-state index is 12.4. The predicted molar refractivity (Wildman–Crippen MR) is 163 cm³/mol. The van der Waals surface area contributed by atoms with Crippen molar-refractivity contribution in [1.82, 2.24) is 20.0 Å². The number of carbonyl (C=O) groups excluding carboxylic acids is 3. The zero-order chi connectivity index (χ0) is 37.2. The molecule has 1 fully saturated rings. The third kappa shape index (κ3) is 19.2. The molecule has 2 unspecified atom stereocenters. The van der Waals surface area contributed by atoms with Gasteiger partial charge >= 0.3 is 43.6 Å². The number of ether oxygens (including phenoxy) is 2. The number of carboxylic acids is 4. The monoisotopic (exact) mass is 728 g/mol. The van der Waals surface area contributed by atoms with E-state index in [0.717, 1.165) is 13.8 Å². The number of nitrogens with zero attached hydrogens (tertiary/aromatic N) is 3. The van der Waals surface area contributed by atoms with Crippen LogP contribution in [0.1, 0.15) is 39.5 Å². The number of carbonyl (C=O) groups is 7. The van der Waals surface area contributed by atoms with Crippen LogP contribution in [0, 0.1) is 0 Å². The van der Waals surface area contributed by atoms with Crippen LogP contribution in [0.15, 0.2) is 0 Å². The van der Waals surface area contributed by atoms with Gasteiger partial charge in [-0.25, -0.2) is 4.57 Å². The lowest BCUT2D eigenvalue weighted by molar-refractivity contribution is -0.158. The Hall–Kier alpha value is -3.72. The quantitative estimate of drug-likeness (QED) is 0.0366. The number of rotatable bonds is 24. The van der Waals surface area contributed by atoms with Crippen molar-refractivity contribution in [3.05, 3.63) is 0 Å². The van der Waals surface area contributed by atoms with Gasteiger partial charge in [0.25, 0.3) is 0 Å². The maximum absolute atomic E-state index is 12.4. The van der Waals surface area contributed by atoms with Crippen LogP contribution >= 0.6 is 7.82 Å². The van der Waals surface area contributed by atoms with Crippen molar-refractivity contribution in [2.45, 2.75) is 51.2 Å². The summed E-state index contributed by atoms with van der Waals surface area (Å²) in [5.41, 5.74) is -1.31. The van der Waals surface area contributed by atoms with E-state index in [0.29, 0.717) is 0 Å². The lowest BCUT2D eigenvalue weighted by atomic mass is 9.88. The Morgan fingerprint density at radius 3 is 1.84 bits per heavy atom. The fraction of sp³-hybridized carbons (Fsp3) is 0.741. The molecule has 1 amide bonds. The van der Waals surface area contributed by atoms with Gasteiger partial charge in [0.2, 0.25) is 5.91 Å². The number of hydrogen-bond donors (Lipinski definition) is 6. The predicted octanol–water partition coefficient (Wildman–Crippen LogP) is -1.71. The lowest BCUT2D eigenvalue weighted by Gasteiger charge is -2.45. The summed E-state index contributed by atoms with van der Waals surface area (Å²) in [5.74, 6) is -6.97. The number of unbranched alkanes of at least 4 members (excludes halogenated alkanes) is 1. The summed E-state index contributed by atoms with van der Waals surface area (Å²) in [7, 11) is -4.66. The minimum atomic E-state index is -4.66. The second kappa shape index (κ2) is 21.4. The Morgan fingerprint density at radius 1 is 0.816 bits per heavy atom. The minimum absolute atomic E-state index is 0.0703. The molecule has 1 saturated heterocycles. The molecule has 0 spiro atoms. The van der Waals surface area contributed by atoms with Gasteiger partial charge in [-0.05, 0) is 12.8 Å². The number of phosphoric acid groups is 1. The van der Waals surface area contributed by atoms with Gasteiger partial charge in [0.1, 0.15) is 6.61 Å². The fourth-order valence-electron chi connectivity index (χ4n) is 5.17. The molecule has 0 radical (unpaired) electrons. The fourth-order valence-corrected chi connectivity index (χ4v) is 5.92. The third-order valence-electron chi connectivity index (χ3n) is 7.01. The Labute approximate surface area is 281 Å². The number of carboxylic acid groups (broad SMARTS) is 4. The van der Waals surface area contributed by atoms with Crippen LogP contribution in [-0.2, 0) is 56.6 Å². The molecule has 0 aliphatic carbocycles. The summed E-state index contributed by atoms with van der Waals surface area (Å²) >= 11 is 0. The van der Waals surface area contributed by atoms with Crippen molar-refractivity contribution in [1.29, 1.82) is 0 Å². The molecule has 1 aliphatic rings. The Balaban J connectivity index is 2.83. The first-order valence-electron chi connectivity index (χ1n) is 15.1. The average Bonchev–Trinajstić information content (AvgIpc) is 3.12. The second-order valence-corrected chi connectivity index (χ2v) is 12.7. The van der Waals surface area contributed by atoms with Crippen LogP contribution in [0.2, 0.25) is 0 Å². The molecule has 0 aromatic rings. The largest absolute Gasteiger partial charge is 0.480 e. The zero-order valence-electron chi connectivity index (χ0n) is 27.3. The molecule has 0 bridgehead atoms. The number of amides is 1. The van der Waals surface area contributed by atoms with Gasteiger partial charge in [-0.2, -0.15) is 0 Å². The van der Waals surface area contributed by atoms with E-state index >= 15 is 0 Å². The maximum Gasteiger partial charge on any atom is 0.472 e. The van der Waals surface area contributed by atoms with Gasteiger partial charge in [-0.3, -0.25) is 57.3 Å². The van der Waals surface area contributed by atoms with E-state index in [2.05, 4.69) is 5.32 Å². The Morgan fingerprint density at radius 2 is 1.37 bits per heavy atom. The molecule has 0 saturated carbocycles. The van der Waals surface area contributed by atoms with E-state index in [1.807, 2.05) is 0 Å². The van der Waals surface area contributed by atoms with Gasteiger partial charge < -0.3 is 40.1 Å². The Kier molecular flexibility index (Phi) is 18.9. The highest BCUT2D eigenvalue weighted by atomic mass is 31.2. The van der Waals surface area contributed by atoms with Crippen LogP contribution in [0.5, 0.6) is 0 Å². The molecule has 0 aromatic heterocycles. The zero-order valence-corrected chi connectivity index (χ0v) is 28.2. The number of nitrogens with one attached hydrogen (secondary N) is 1. The van der Waals surface area contributed by atoms with Gasteiger partial charge in [0.15, 0.2) is 6.10 Å². The molecule has 22 heteroatoms. The van der Waals surface area contributed by atoms with Gasteiger partial charge in [-0.1, -0.05) is 6.42 Å². The number of hydrogen-bond acceptors (Lipinski definition) is 15. The minimum Gasteiger partial charge on any atom is -0.480 e. The molecule has 0 aromatic carbocycles. The van der Waals surface area contributed by atoms with E-state index in [1.165, 1.54) is 14.7 Å². The molecular formula is C27H45N4O17P. The summed E-state index contributed by atoms with van der Waals surface area (Å²) in [6, 6.07) is 0. The smallest absolute Gasteiger partial charge is 0.472 e. The summed E-state index contributed by atoms with van der Waals surface area (Å²) in [4.78, 5) is 95.2. The van der Waals surface area contributed by atoms with Crippen molar-refractivity contribution < 1.29 is 82.0 Å². The van der Waals surface area contributed by atoms with E-state index in [9.17, 15) is 63.4 Å². The van der Waals surface area contributed by atoms with Gasteiger partial charge in [0, 0.05) is 58.5 Å². The van der Waals surface area contributed by atoms with E-state index in [-0.39, 0.29) is 58.4 Å². The van der Waals surface area contributed by atoms with Crippen LogP contribution in [0.4, 0.5) is 0 Å². The lowest BCUT2D eigenvalue weighted by Crippen LogP contribution is -2.62. The SMILES string of the molecule is CC(=O)OCC(COP(=O)(O)OCCNC(=O)CCCCC1(N(CC(=O)O)CC(=O)O)CN(CC(=O)O)CCN(CC(=O)O)C1)OC(C)=O. The standard InChI is InChI=1S/C27H45N4O17P/c1-19(32)45-15-21(48-20(2)33)16-47-49(43,44)46-10-7-28-22(34)5-3-4-6-27(31(13-25(39)40)14-26(41)42)17-29(11-23(35)36)8-9-30(18-27)12-24(37)38/h21H,3-18H2,1-2H3,(H,28,34)(H,35,36)(H,37,38)(H,39,40)(H,41,42)(H,43,44). The first-order valence-corrected chi connectivity index (χ1v) is 16.6. The summed E-state index contributed by atoms with van der Waals surface area (Å²) < 4.78 is 31.3. The first-order chi connectivity index (χ1) is 22.8. The van der Waals surface area contributed by atoms with Gasteiger partial charge in [0.05, 0.1) is 39.4 Å². The third-order valence-corrected chi connectivity index (χ3v) is 8.00. The molecule has 49 heavy (non-hydrogen) atoms. The highest BCUT2D eigenvalue weighted by molar-refractivity contribution is 7.47. The summed E-state index contributed by atoms with van der Waals surface area (Å²) in [6.45, 7) is -1.76. The van der Waals surface area contributed by atoms with Crippen LogP contribution in [-0.4, -0.2) is 172 Å². The van der Waals surface area contributed by atoms with Crippen LogP contribution in [0.25, 0.3) is 0 Å². The number of aliphatic carboxylic acids is 4. The second-order valence-electron chi connectivity index (χ2n) is 11.3. The van der Waals surface area contributed by atoms with Gasteiger partial charge in [-0.15, -0.1) is 0 Å². The van der Waals surface area contributed by atoms with Crippen molar-refractivity contribution in [3.8, 4) is 0 Å². The highest BCUT2D eigenvalue weighted by Crippen LogP contribution is 2.43. The molecular weight excluding hydrogens is 683 g/mol. The molecule has 1 rings (SSSR count). The molecule has 6 N–H and O–H groups in total. The molecule has 280 valence electrons. The van der Waals surface area contributed by atoms with E-state index in [1.54, 1.807) is 0 Å². The van der Waals surface area contributed by atoms with E-state index in [4.69, 9.17) is 18.5 Å². The topological polar surface area (TPSA) is 296 Å². The van der Waals surface area contributed by atoms with Crippen molar-refractivity contribution in [2.75, 3.05) is 78.7 Å². The van der Waals surface area contributed by atoms with Crippen LogP contribution in [0.3, 0.4) is 0 Å². The molecule has 2 atom stereocenters. The van der Waals surface area contributed by atoms with Crippen molar-refractivity contribution >= 4 is 49.5 Å². The molecule has 1 aliphatic heterocycles. The highest BCUT2D eigenvalue weighted by Gasteiger charge is 2.43. The van der Waals surface area contributed by atoms with Crippen molar-refractivity contribution in [2.24, 2.45) is 0 Å². The normalized spacial score (nSPS) is 16.9. The van der Waals surface area contributed by atoms with Crippen LogP contribution < -0.4 is 5.32 Å². The molecule has 1 heterocycles. The van der Waals surface area contributed by atoms with E-state index < -0.39 is 107 Å². The summed E-state index contributed by atoms with van der Waals surface area (Å²) in [6.07, 6.45) is -0.713. The molecule has 21 nitrogen and oxygen atoms in total. The number of esters is 2. The first kappa shape index (κ1) is 43.3.